The molecule has 0 saturated heterocycles. The number of nitrogens with one attached hydrogen (secondary N) is 1. The molecule has 0 aliphatic carbocycles. The van der Waals surface area contributed by atoms with Crippen molar-refractivity contribution in [3.05, 3.63) is 0 Å². The zero-order chi connectivity index (χ0) is 14.8. The Bertz CT molecular complexity index is 280. The van der Waals surface area contributed by atoms with Gasteiger partial charge in [-0.15, -0.1) is 11.8 Å². The first kappa shape index (κ1) is 18.3. The number of hydrogen-bond donors (Lipinski definition) is 2. The Balaban J connectivity index is 3.86. The summed E-state index contributed by atoms with van der Waals surface area (Å²) in [7, 11) is 0. The lowest BCUT2D eigenvalue weighted by Gasteiger charge is -2.20. The summed E-state index contributed by atoms with van der Waals surface area (Å²) in [6.45, 7) is 8.98. The molecule has 0 aliphatic rings. The average Bonchev–Trinajstić information content (AvgIpc) is 2.30. The van der Waals surface area contributed by atoms with Crippen LogP contribution in [0.15, 0.2) is 0 Å². The fourth-order valence-corrected chi connectivity index (χ4v) is 2.40. The minimum absolute atomic E-state index is 0.0689. The van der Waals surface area contributed by atoms with Gasteiger partial charge in [-0.2, -0.15) is 0 Å². The largest absolute Gasteiger partial charge is 0.481 e. The summed E-state index contributed by atoms with van der Waals surface area (Å²) >= 11 is 1.63. The van der Waals surface area contributed by atoms with Gasteiger partial charge in [0.25, 0.3) is 0 Å². The van der Waals surface area contributed by atoms with Crippen molar-refractivity contribution in [1.82, 2.24) is 5.32 Å². The van der Waals surface area contributed by atoms with E-state index in [1.807, 2.05) is 0 Å². The highest BCUT2D eigenvalue weighted by Gasteiger charge is 2.15. The van der Waals surface area contributed by atoms with E-state index in [2.05, 4.69) is 33.0 Å². The summed E-state index contributed by atoms with van der Waals surface area (Å²) < 4.78 is 0. The second kappa shape index (κ2) is 10.1. The fraction of sp³-hybridized carbons (Fsp3) is 0.857. The van der Waals surface area contributed by atoms with Gasteiger partial charge in [0.1, 0.15) is 0 Å². The first-order chi connectivity index (χ1) is 8.82. The van der Waals surface area contributed by atoms with Crippen LogP contribution in [-0.4, -0.2) is 34.5 Å². The van der Waals surface area contributed by atoms with Gasteiger partial charge in [0.05, 0.1) is 5.75 Å². The van der Waals surface area contributed by atoms with Crippen molar-refractivity contribution >= 4 is 23.6 Å². The molecular weight excluding hydrogens is 262 g/mol. The van der Waals surface area contributed by atoms with Crippen LogP contribution >= 0.6 is 11.8 Å². The molecule has 0 aromatic carbocycles. The highest BCUT2D eigenvalue weighted by Crippen LogP contribution is 2.20. The Hall–Kier alpha value is -0.710. The third-order valence-corrected chi connectivity index (χ3v) is 4.15. The molecule has 0 fully saturated rings. The van der Waals surface area contributed by atoms with Gasteiger partial charge in [0, 0.05) is 13.0 Å². The van der Waals surface area contributed by atoms with Gasteiger partial charge >= 0.3 is 5.97 Å². The zero-order valence-electron chi connectivity index (χ0n) is 12.4. The van der Waals surface area contributed by atoms with Gasteiger partial charge in [-0.1, -0.05) is 27.7 Å². The number of hydrogen-bond acceptors (Lipinski definition) is 3. The number of carbonyl (C=O) groups excluding carboxylic acids is 1. The predicted molar refractivity (Wildman–Crippen MR) is 80.4 cm³/mol. The molecule has 19 heavy (non-hydrogen) atoms. The van der Waals surface area contributed by atoms with Gasteiger partial charge in [0.15, 0.2) is 0 Å². The molecule has 0 radical (unpaired) electrons. The van der Waals surface area contributed by atoms with Crippen molar-refractivity contribution < 1.29 is 14.7 Å². The van der Waals surface area contributed by atoms with E-state index in [1.54, 1.807) is 11.8 Å². The van der Waals surface area contributed by atoms with Gasteiger partial charge in [0.2, 0.25) is 5.91 Å². The van der Waals surface area contributed by atoms with Crippen LogP contribution in [-0.2, 0) is 9.59 Å². The summed E-state index contributed by atoms with van der Waals surface area (Å²) in [6.07, 6.45) is 1.74. The fourth-order valence-electron chi connectivity index (χ4n) is 1.81. The van der Waals surface area contributed by atoms with Crippen molar-refractivity contribution in [2.24, 2.45) is 11.8 Å². The Morgan fingerprint density at radius 3 is 2.26 bits per heavy atom. The predicted octanol–water partition coefficient (Wildman–Crippen LogP) is 2.77. The third-order valence-electron chi connectivity index (χ3n) is 3.06. The van der Waals surface area contributed by atoms with Gasteiger partial charge in [-0.25, -0.2) is 0 Å². The number of thioether (sulfide) groups is 1. The lowest BCUT2D eigenvalue weighted by Crippen LogP contribution is -2.29. The maximum absolute atomic E-state index is 11.5. The zero-order valence-corrected chi connectivity index (χ0v) is 13.3. The molecule has 1 amide bonds. The topological polar surface area (TPSA) is 66.4 Å². The van der Waals surface area contributed by atoms with Crippen LogP contribution in [0.25, 0.3) is 0 Å². The van der Waals surface area contributed by atoms with Crippen LogP contribution in [0.4, 0.5) is 0 Å². The number of carbonyl (C=O) groups is 2. The molecule has 0 saturated carbocycles. The molecule has 0 spiro atoms. The first-order valence-electron chi connectivity index (χ1n) is 6.93. The SMILES string of the molecule is CC(C)SCC(=O)NCCC(CCC(=O)O)C(C)C. The molecule has 112 valence electrons. The van der Waals surface area contributed by atoms with Crippen molar-refractivity contribution in [2.75, 3.05) is 12.3 Å². The number of carboxylic acids is 1. The number of rotatable bonds is 10. The highest BCUT2D eigenvalue weighted by atomic mass is 32.2. The number of amides is 1. The van der Waals surface area contributed by atoms with E-state index in [1.165, 1.54) is 0 Å². The summed E-state index contributed by atoms with van der Waals surface area (Å²) in [5, 5.41) is 12.1. The van der Waals surface area contributed by atoms with Crippen LogP contribution in [0.1, 0.15) is 47.0 Å². The van der Waals surface area contributed by atoms with Crippen molar-refractivity contribution in [1.29, 1.82) is 0 Å². The molecular formula is C14H27NO3S. The number of aliphatic carboxylic acids is 1. The minimum atomic E-state index is -0.747. The molecule has 4 nitrogen and oxygen atoms in total. The van der Waals surface area contributed by atoms with Crippen LogP contribution < -0.4 is 5.32 Å². The van der Waals surface area contributed by atoms with Crippen molar-refractivity contribution in [3.8, 4) is 0 Å². The van der Waals surface area contributed by atoms with Gasteiger partial charge in [-0.3, -0.25) is 9.59 Å². The molecule has 1 atom stereocenters. The van der Waals surface area contributed by atoms with Crippen molar-refractivity contribution in [3.63, 3.8) is 0 Å². The number of carboxylic acid groups (broad SMARTS) is 1. The first-order valence-corrected chi connectivity index (χ1v) is 7.97. The highest BCUT2D eigenvalue weighted by molar-refractivity contribution is 8.00. The Morgan fingerprint density at radius 1 is 1.16 bits per heavy atom. The molecule has 0 rings (SSSR count). The van der Waals surface area contributed by atoms with E-state index >= 15 is 0 Å². The van der Waals surface area contributed by atoms with E-state index in [0.29, 0.717) is 35.8 Å². The Kier molecular flexibility index (Phi) is 9.74. The Morgan fingerprint density at radius 2 is 1.79 bits per heavy atom. The van der Waals surface area contributed by atoms with Gasteiger partial charge in [-0.05, 0) is 29.9 Å². The van der Waals surface area contributed by atoms with E-state index in [9.17, 15) is 9.59 Å². The molecule has 2 N–H and O–H groups in total. The van der Waals surface area contributed by atoms with E-state index in [4.69, 9.17) is 5.11 Å². The average molecular weight is 289 g/mol. The monoisotopic (exact) mass is 289 g/mol. The summed E-state index contributed by atoms with van der Waals surface area (Å²) in [4.78, 5) is 22.1. The molecule has 0 heterocycles. The molecule has 5 heteroatoms. The van der Waals surface area contributed by atoms with E-state index < -0.39 is 5.97 Å². The maximum atomic E-state index is 11.5. The second-order valence-electron chi connectivity index (χ2n) is 5.43. The minimum Gasteiger partial charge on any atom is -0.481 e. The standard InChI is InChI=1S/C14H27NO3S/c1-10(2)12(5-6-14(17)18)7-8-15-13(16)9-19-11(3)4/h10-12H,5-9H2,1-4H3,(H,15,16)(H,17,18). The van der Waals surface area contributed by atoms with E-state index in [0.717, 1.165) is 6.42 Å². The molecule has 1 unspecified atom stereocenters. The maximum Gasteiger partial charge on any atom is 0.303 e. The third kappa shape index (κ3) is 10.9. The van der Waals surface area contributed by atoms with E-state index in [-0.39, 0.29) is 12.3 Å². The van der Waals surface area contributed by atoms with Crippen LogP contribution in [0.3, 0.4) is 0 Å². The smallest absolute Gasteiger partial charge is 0.303 e. The molecule has 0 aliphatic heterocycles. The van der Waals surface area contributed by atoms with Crippen LogP contribution in [0.5, 0.6) is 0 Å². The quantitative estimate of drug-likeness (QED) is 0.649. The summed E-state index contributed by atoms with van der Waals surface area (Å²) in [5.41, 5.74) is 0. The Labute approximate surface area is 120 Å². The lowest BCUT2D eigenvalue weighted by molar-refractivity contribution is -0.137. The lowest BCUT2D eigenvalue weighted by atomic mass is 9.88. The molecule has 0 aromatic heterocycles. The normalized spacial score (nSPS) is 12.7. The molecule has 0 aromatic rings. The van der Waals surface area contributed by atoms with Crippen molar-refractivity contribution in [2.45, 2.75) is 52.2 Å². The summed E-state index contributed by atoms with van der Waals surface area (Å²) in [5.74, 6) is 0.622. The second-order valence-corrected chi connectivity index (χ2v) is 7.00. The van der Waals surface area contributed by atoms with Crippen LogP contribution in [0, 0.1) is 11.8 Å². The molecule has 0 bridgehead atoms. The van der Waals surface area contributed by atoms with Crippen LogP contribution in [0.2, 0.25) is 0 Å². The van der Waals surface area contributed by atoms with Gasteiger partial charge < -0.3 is 10.4 Å². The summed E-state index contributed by atoms with van der Waals surface area (Å²) in [6, 6.07) is 0.